The van der Waals surface area contributed by atoms with Crippen molar-refractivity contribution in [3.05, 3.63) is 47.7 Å². The van der Waals surface area contributed by atoms with Gasteiger partial charge in [0.1, 0.15) is 0 Å². The molecule has 5 heteroatoms. The Hall–Kier alpha value is -2.27. The van der Waals surface area contributed by atoms with Crippen LogP contribution in [0.5, 0.6) is 0 Å². The normalized spacial score (nSPS) is 11.0. The van der Waals surface area contributed by atoms with Gasteiger partial charge in [0, 0.05) is 18.3 Å². The molecular formula is C13H13N5. The first kappa shape index (κ1) is 10.9. The van der Waals surface area contributed by atoms with E-state index >= 15 is 0 Å². The van der Waals surface area contributed by atoms with Gasteiger partial charge in [-0.1, -0.05) is 24.3 Å². The summed E-state index contributed by atoms with van der Waals surface area (Å²) in [6.45, 7) is 2.53. The summed E-state index contributed by atoms with van der Waals surface area (Å²) in [5.74, 6) is 0.747. The highest BCUT2D eigenvalue weighted by atomic mass is 15.4. The minimum absolute atomic E-state index is 0.540. The van der Waals surface area contributed by atoms with Crippen molar-refractivity contribution in [1.29, 1.82) is 0 Å². The van der Waals surface area contributed by atoms with E-state index in [-0.39, 0.29) is 0 Å². The molecule has 0 amide bonds. The molecule has 0 saturated carbocycles. The third-order valence-corrected chi connectivity index (χ3v) is 2.95. The van der Waals surface area contributed by atoms with Gasteiger partial charge in [-0.05, 0) is 24.1 Å². The summed E-state index contributed by atoms with van der Waals surface area (Å²) in [5, 5.41) is 12.7. The summed E-state index contributed by atoms with van der Waals surface area (Å²) in [5.41, 5.74) is 9.51. The summed E-state index contributed by atoms with van der Waals surface area (Å²) in [6, 6.07) is 9.88. The molecule has 0 atom stereocenters. The second-order valence-electron chi connectivity index (χ2n) is 4.17. The lowest BCUT2D eigenvalue weighted by molar-refractivity contribution is 0.928. The highest BCUT2D eigenvalue weighted by Gasteiger charge is 2.09. The van der Waals surface area contributed by atoms with Crippen LogP contribution in [0.2, 0.25) is 0 Å². The van der Waals surface area contributed by atoms with E-state index in [1.54, 1.807) is 10.7 Å². The summed E-state index contributed by atoms with van der Waals surface area (Å²) >= 11 is 0. The SMILES string of the molecule is Cc1ccnn2c(-c3ccc(CN)cc3)nnc12. The van der Waals surface area contributed by atoms with Crippen molar-refractivity contribution in [3.8, 4) is 11.4 Å². The first-order valence-corrected chi connectivity index (χ1v) is 5.76. The molecule has 2 aromatic heterocycles. The van der Waals surface area contributed by atoms with Crippen LogP contribution < -0.4 is 5.73 Å². The zero-order chi connectivity index (χ0) is 12.5. The largest absolute Gasteiger partial charge is 0.326 e. The Balaban J connectivity index is 2.16. The van der Waals surface area contributed by atoms with E-state index in [1.807, 2.05) is 37.3 Å². The average molecular weight is 239 g/mol. The van der Waals surface area contributed by atoms with Gasteiger partial charge in [-0.2, -0.15) is 9.61 Å². The number of rotatable bonds is 2. The van der Waals surface area contributed by atoms with Crippen molar-refractivity contribution < 1.29 is 0 Å². The fourth-order valence-corrected chi connectivity index (χ4v) is 1.89. The van der Waals surface area contributed by atoms with Gasteiger partial charge in [0.2, 0.25) is 0 Å². The van der Waals surface area contributed by atoms with Crippen LogP contribution in [0.3, 0.4) is 0 Å². The van der Waals surface area contributed by atoms with Crippen molar-refractivity contribution in [2.45, 2.75) is 13.5 Å². The lowest BCUT2D eigenvalue weighted by Crippen LogP contribution is -1.97. The molecule has 2 heterocycles. The first-order chi connectivity index (χ1) is 8.79. The number of hydrogen-bond donors (Lipinski definition) is 1. The Morgan fingerprint density at radius 3 is 2.61 bits per heavy atom. The molecule has 0 aliphatic heterocycles. The quantitative estimate of drug-likeness (QED) is 0.736. The third-order valence-electron chi connectivity index (χ3n) is 2.95. The molecular weight excluding hydrogens is 226 g/mol. The minimum atomic E-state index is 0.540. The van der Waals surface area contributed by atoms with E-state index in [0.717, 1.165) is 28.2 Å². The fourth-order valence-electron chi connectivity index (χ4n) is 1.89. The Labute approximate surface area is 104 Å². The number of benzene rings is 1. The van der Waals surface area contributed by atoms with Crippen molar-refractivity contribution in [3.63, 3.8) is 0 Å². The Bertz CT molecular complexity index is 684. The van der Waals surface area contributed by atoms with Crippen LogP contribution in [0, 0.1) is 6.92 Å². The van der Waals surface area contributed by atoms with Crippen molar-refractivity contribution in [2.75, 3.05) is 0 Å². The van der Waals surface area contributed by atoms with Gasteiger partial charge < -0.3 is 5.73 Å². The molecule has 2 N–H and O–H groups in total. The molecule has 0 saturated heterocycles. The van der Waals surface area contributed by atoms with Crippen LogP contribution in [-0.2, 0) is 6.54 Å². The van der Waals surface area contributed by atoms with Crippen LogP contribution in [0.25, 0.3) is 17.0 Å². The van der Waals surface area contributed by atoms with Gasteiger partial charge in [0.25, 0.3) is 0 Å². The van der Waals surface area contributed by atoms with Gasteiger partial charge in [-0.3, -0.25) is 0 Å². The molecule has 3 aromatic rings. The van der Waals surface area contributed by atoms with E-state index in [1.165, 1.54) is 0 Å². The molecule has 0 radical (unpaired) electrons. The highest BCUT2D eigenvalue weighted by Crippen LogP contribution is 2.19. The van der Waals surface area contributed by atoms with E-state index in [9.17, 15) is 0 Å². The maximum absolute atomic E-state index is 5.58. The monoisotopic (exact) mass is 239 g/mol. The zero-order valence-electron chi connectivity index (χ0n) is 10.0. The molecule has 0 fully saturated rings. The van der Waals surface area contributed by atoms with Crippen LogP contribution in [0.1, 0.15) is 11.1 Å². The predicted molar refractivity (Wildman–Crippen MR) is 68.8 cm³/mol. The predicted octanol–water partition coefficient (Wildman–Crippen LogP) is 1.56. The van der Waals surface area contributed by atoms with E-state index < -0.39 is 0 Å². The summed E-state index contributed by atoms with van der Waals surface area (Å²) < 4.78 is 1.76. The summed E-state index contributed by atoms with van der Waals surface area (Å²) in [6.07, 6.45) is 1.75. The Kier molecular flexibility index (Phi) is 2.53. The van der Waals surface area contributed by atoms with Gasteiger partial charge in [-0.25, -0.2) is 0 Å². The lowest BCUT2D eigenvalue weighted by Gasteiger charge is -2.01. The van der Waals surface area contributed by atoms with Gasteiger partial charge >= 0.3 is 0 Å². The molecule has 0 unspecified atom stereocenters. The average Bonchev–Trinajstić information content (AvgIpc) is 2.84. The topological polar surface area (TPSA) is 69.1 Å². The number of fused-ring (bicyclic) bond motifs is 1. The summed E-state index contributed by atoms with van der Waals surface area (Å²) in [4.78, 5) is 0. The molecule has 0 aliphatic rings. The molecule has 1 aromatic carbocycles. The Morgan fingerprint density at radius 1 is 1.11 bits per heavy atom. The minimum Gasteiger partial charge on any atom is -0.326 e. The standard InChI is InChI=1S/C13H13N5/c1-9-6-7-15-18-12(9)16-17-13(18)11-4-2-10(8-14)3-5-11/h2-7H,8,14H2,1H3. The maximum atomic E-state index is 5.58. The number of nitrogens with two attached hydrogens (primary N) is 1. The maximum Gasteiger partial charge on any atom is 0.185 e. The Morgan fingerprint density at radius 2 is 1.89 bits per heavy atom. The summed E-state index contributed by atoms with van der Waals surface area (Å²) in [7, 11) is 0. The molecule has 0 aliphatic carbocycles. The number of nitrogens with zero attached hydrogens (tertiary/aromatic N) is 4. The highest BCUT2D eigenvalue weighted by molar-refractivity contribution is 5.60. The number of hydrogen-bond acceptors (Lipinski definition) is 4. The van der Waals surface area contributed by atoms with E-state index in [2.05, 4.69) is 15.3 Å². The number of aromatic nitrogens is 4. The van der Waals surface area contributed by atoms with E-state index in [4.69, 9.17) is 5.73 Å². The second kappa shape index (κ2) is 4.19. The first-order valence-electron chi connectivity index (χ1n) is 5.76. The van der Waals surface area contributed by atoms with Gasteiger partial charge in [-0.15, -0.1) is 10.2 Å². The van der Waals surface area contributed by atoms with E-state index in [0.29, 0.717) is 6.54 Å². The van der Waals surface area contributed by atoms with Crippen LogP contribution in [0.15, 0.2) is 36.5 Å². The molecule has 3 rings (SSSR count). The molecule has 18 heavy (non-hydrogen) atoms. The van der Waals surface area contributed by atoms with Crippen molar-refractivity contribution in [2.24, 2.45) is 5.73 Å². The second-order valence-corrected chi connectivity index (χ2v) is 4.17. The van der Waals surface area contributed by atoms with Crippen LogP contribution >= 0.6 is 0 Å². The van der Waals surface area contributed by atoms with Crippen LogP contribution in [-0.4, -0.2) is 19.8 Å². The molecule has 90 valence electrons. The van der Waals surface area contributed by atoms with Crippen molar-refractivity contribution >= 4 is 5.65 Å². The molecule has 0 spiro atoms. The smallest absolute Gasteiger partial charge is 0.185 e. The molecule has 0 bridgehead atoms. The van der Waals surface area contributed by atoms with Gasteiger partial charge in [0.05, 0.1) is 0 Å². The molecule has 5 nitrogen and oxygen atoms in total. The fraction of sp³-hybridized carbons (Fsp3) is 0.154. The van der Waals surface area contributed by atoms with Gasteiger partial charge in [0.15, 0.2) is 11.5 Å². The van der Waals surface area contributed by atoms with Crippen LogP contribution in [0.4, 0.5) is 0 Å². The number of aryl methyl sites for hydroxylation is 1. The third kappa shape index (κ3) is 1.65. The zero-order valence-corrected chi connectivity index (χ0v) is 10.0. The lowest BCUT2D eigenvalue weighted by atomic mass is 10.1. The van der Waals surface area contributed by atoms with Crippen molar-refractivity contribution in [1.82, 2.24) is 19.8 Å².